The summed E-state index contributed by atoms with van der Waals surface area (Å²) in [6, 6.07) is 13.1. The summed E-state index contributed by atoms with van der Waals surface area (Å²) in [6.07, 6.45) is 1.37. The minimum atomic E-state index is -0.715. The first kappa shape index (κ1) is 21.0. The van der Waals surface area contributed by atoms with Crippen LogP contribution in [0.1, 0.15) is 30.7 Å². The number of thiazole rings is 1. The Balaban J connectivity index is 1.54. The number of nitrogens with one attached hydrogen (secondary N) is 1. The Labute approximate surface area is 196 Å². The number of imidazole rings is 1. The lowest BCUT2D eigenvalue weighted by Gasteiger charge is -2.09. The predicted molar refractivity (Wildman–Crippen MR) is 130 cm³/mol. The van der Waals surface area contributed by atoms with Crippen molar-refractivity contribution in [2.45, 2.75) is 13.8 Å². The van der Waals surface area contributed by atoms with Gasteiger partial charge in [0, 0.05) is 26.3 Å². The average molecular weight is 475 g/mol. The third-order valence-corrected chi connectivity index (χ3v) is 6.80. The van der Waals surface area contributed by atoms with Crippen LogP contribution in [0.15, 0.2) is 54.2 Å². The van der Waals surface area contributed by atoms with Crippen molar-refractivity contribution in [2.24, 2.45) is 5.73 Å². The maximum Gasteiger partial charge on any atom is 0.274 e. The molecule has 0 aliphatic rings. The smallest absolute Gasteiger partial charge is 0.274 e. The quantitative estimate of drug-likeness (QED) is 0.388. The molecule has 0 atom stereocenters. The zero-order valence-electron chi connectivity index (χ0n) is 17.7. The topological polar surface area (TPSA) is 115 Å². The maximum atomic E-state index is 13.3. The molecule has 164 valence electrons. The van der Waals surface area contributed by atoms with Crippen LogP contribution in [0.3, 0.4) is 0 Å². The van der Waals surface area contributed by atoms with E-state index in [9.17, 15) is 9.59 Å². The molecule has 8 nitrogen and oxygen atoms in total. The maximum absolute atomic E-state index is 13.3. The van der Waals surface area contributed by atoms with E-state index in [2.05, 4.69) is 40.2 Å². The van der Waals surface area contributed by atoms with Crippen molar-refractivity contribution in [1.29, 1.82) is 0 Å². The third-order valence-electron chi connectivity index (χ3n) is 5.08. The van der Waals surface area contributed by atoms with Crippen molar-refractivity contribution >= 4 is 45.3 Å². The van der Waals surface area contributed by atoms with Gasteiger partial charge in [0.15, 0.2) is 16.5 Å². The molecular formula is C23H18N6O2S2. The van der Waals surface area contributed by atoms with Crippen LogP contribution in [0.25, 0.3) is 28.2 Å². The zero-order chi connectivity index (χ0) is 23.1. The van der Waals surface area contributed by atoms with Crippen molar-refractivity contribution in [3.05, 3.63) is 75.3 Å². The number of primary amides is 1. The number of carbonyl (C=O) groups is 2. The van der Waals surface area contributed by atoms with Crippen LogP contribution in [0.2, 0.25) is 0 Å². The van der Waals surface area contributed by atoms with Gasteiger partial charge in [-0.3, -0.25) is 19.3 Å². The lowest BCUT2D eigenvalue weighted by Crippen LogP contribution is -2.17. The highest BCUT2D eigenvalue weighted by Crippen LogP contribution is 2.32. The lowest BCUT2D eigenvalue weighted by atomic mass is 10.1. The molecule has 0 unspecified atom stereocenters. The second-order valence-corrected chi connectivity index (χ2v) is 9.68. The summed E-state index contributed by atoms with van der Waals surface area (Å²) in [5, 5.41) is 5.26. The second-order valence-electron chi connectivity index (χ2n) is 7.36. The molecule has 0 fully saturated rings. The number of thiophene rings is 1. The van der Waals surface area contributed by atoms with E-state index in [1.807, 2.05) is 35.7 Å². The summed E-state index contributed by atoms with van der Waals surface area (Å²) in [5.74, 6) is -1.11. The van der Waals surface area contributed by atoms with Gasteiger partial charge >= 0.3 is 0 Å². The van der Waals surface area contributed by atoms with Crippen molar-refractivity contribution < 1.29 is 9.59 Å². The summed E-state index contributed by atoms with van der Waals surface area (Å²) in [5.41, 5.74) is 9.16. The number of benzene rings is 1. The number of nitrogens with zero attached hydrogens (tertiary/aromatic N) is 4. The molecule has 5 rings (SSSR count). The van der Waals surface area contributed by atoms with E-state index >= 15 is 0 Å². The number of carbonyl (C=O) groups excluding carboxylic acids is 2. The van der Waals surface area contributed by atoms with Gasteiger partial charge in [-0.25, -0.2) is 15.0 Å². The minimum Gasteiger partial charge on any atom is -0.364 e. The summed E-state index contributed by atoms with van der Waals surface area (Å²) in [4.78, 5) is 40.7. The highest BCUT2D eigenvalue weighted by molar-refractivity contribution is 7.14. The summed E-state index contributed by atoms with van der Waals surface area (Å²) in [6.45, 7) is 4.11. The normalized spacial score (nSPS) is 11.1. The molecule has 0 aliphatic carbocycles. The molecule has 5 aromatic rings. The average Bonchev–Trinajstić information content (AvgIpc) is 3.51. The van der Waals surface area contributed by atoms with Crippen LogP contribution >= 0.6 is 22.7 Å². The van der Waals surface area contributed by atoms with Crippen LogP contribution in [0, 0.1) is 13.8 Å². The Kier molecular flexibility index (Phi) is 5.23. The van der Waals surface area contributed by atoms with E-state index in [1.165, 1.54) is 31.8 Å². The van der Waals surface area contributed by atoms with Crippen molar-refractivity contribution in [3.8, 4) is 22.5 Å². The lowest BCUT2D eigenvalue weighted by molar-refractivity contribution is 0.0993. The van der Waals surface area contributed by atoms with Gasteiger partial charge in [0.05, 0.1) is 11.4 Å². The molecule has 0 radical (unpaired) electrons. The summed E-state index contributed by atoms with van der Waals surface area (Å²) >= 11 is 3.06. The predicted octanol–water partition coefficient (Wildman–Crippen LogP) is 4.55. The highest BCUT2D eigenvalue weighted by atomic mass is 32.1. The van der Waals surface area contributed by atoms with E-state index in [0.29, 0.717) is 10.8 Å². The van der Waals surface area contributed by atoms with E-state index < -0.39 is 11.8 Å². The number of fused-ring (bicyclic) bond motifs is 1. The van der Waals surface area contributed by atoms with E-state index in [1.54, 1.807) is 17.4 Å². The molecule has 0 saturated heterocycles. The van der Waals surface area contributed by atoms with Gasteiger partial charge in [-0.1, -0.05) is 30.3 Å². The molecule has 33 heavy (non-hydrogen) atoms. The zero-order valence-corrected chi connectivity index (χ0v) is 19.3. The molecule has 0 saturated carbocycles. The minimum absolute atomic E-state index is 0.00155. The first-order chi connectivity index (χ1) is 15.9. The number of amides is 2. The standard InChI is InChI=1S/C23H18N6O2S2/c1-12-8-15(13(2)33-12)17-10-32-23(27-17)28-22(31)18-9-16(14-6-4-3-5-7-14)26-21-19(20(24)30)25-11-29(18)21/h3-11H,1-2H3,(H2,24,30)(H,27,28,31). The van der Waals surface area contributed by atoms with E-state index in [0.717, 1.165) is 16.8 Å². The summed E-state index contributed by atoms with van der Waals surface area (Å²) in [7, 11) is 0. The fourth-order valence-corrected chi connectivity index (χ4v) is 5.22. The van der Waals surface area contributed by atoms with Crippen LogP contribution in [0.4, 0.5) is 5.13 Å². The van der Waals surface area contributed by atoms with Gasteiger partial charge in [-0.15, -0.1) is 22.7 Å². The largest absolute Gasteiger partial charge is 0.364 e. The molecular weight excluding hydrogens is 456 g/mol. The summed E-state index contributed by atoms with van der Waals surface area (Å²) < 4.78 is 1.46. The second kappa shape index (κ2) is 8.23. The molecule has 1 aromatic carbocycles. The first-order valence-electron chi connectivity index (χ1n) is 9.98. The number of hydrogen-bond acceptors (Lipinski definition) is 7. The highest BCUT2D eigenvalue weighted by Gasteiger charge is 2.20. The first-order valence-corrected chi connectivity index (χ1v) is 11.7. The molecule has 4 aromatic heterocycles. The van der Waals surface area contributed by atoms with Gasteiger partial charge in [0.2, 0.25) is 0 Å². The molecule has 3 N–H and O–H groups in total. The monoisotopic (exact) mass is 474 g/mol. The van der Waals surface area contributed by atoms with Crippen LogP contribution < -0.4 is 11.1 Å². The number of aromatic nitrogens is 4. The number of hydrogen-bond donors (Lipinski definition) is 2. The molecule has 0 aliphatic heterocycles. The number of aryl methyl sites for hydroxylation is 2. The molecule has 4 heterocycles. The number of nitrogens with two attached hydrogens (primary N) is 1. The van der Waals surface area contributed by atoms with Crippen LogP contribution in [0.5, 0.6) is 0 Å². The van der Waals surface area contributed by atoms with Gasteiger partial charge in [0.1, 0.15) is 12.0 Å². The van der Waals surface area contributed by atoms with E-state index in [4.69, 9.17) is 5.73 Å². The molecule has 0 bridgehead atoms. The van der Waals surface area contributed by atoms with Gasteiger partial charge in [-0.05, 0) is 26.0 Å². The Bertz CT molecular complexity index is 1520. The number of anilines is 1. The molecule has 0 spiro atoms. The third kappa shape index (κ3) is 3.90. The van der Waals surface area contributed by atoms with Gasteiger partial charge in [-0.2, -0.15) is 0 Å². The van der Waals surface area contributed by atoms with Crippen LogP contribution in [-0.2, 0) is 0 Å². The Hall–Kier alpha value is -3.89. The van der Waals surface area contributed by atoms with Crippen molar-refractivity contribution in [3.63, 3.8) is 0 Å². The SMILES string of the molecule is Cc1cc(-c2csc(NC(=O)c3cc(-c4ccccc4)nc4c(C(N)=O)ncn34)n2)c(C)s1. The van der Waals surface area contributed by atoms with Gasteiger partial charge < -0.3 is 5.73 Å². The molecule has 2 amide bonds. The fraction of sp³-hybridized carbons (Fsp3) is 0.0870. The van der Waals surface area contributed by atoms with E-state index in [-0.39, 0.29) is 17.0 Å². The van der Waals surface area contributed by atoms with Crippen LogP contribution in [-0.4, -0.2) is 31.2 Å². The fourth-order valence-electron chi connectivity index (χ4n) is 3.58. The van der Waals surface area contributed by atoms with Gasteiger partial charge in [0.25, 0.3) is 11.8 Å². The Morgan fingerprint density at radius 3 is 2.55 bits per heavy atom. The van der Waals surface area contributed by atoms with Crippen molar-refractivity contribution in [2.75, 3.05) is 5.32 Å². The Morgan fingerprint density at radius 1 is 1.06 bits per heavy atom. The molecule has 10 heteroatoms. The Morgan fingerprint density at radius 2 is 1.85 bits per heavy atom. The number of rotatable bonds is 5. The van der Waals surface area contributed by atoms with Crippen molar-refractivity contribution in [1.82, 2.24) is 19.4 Å².